The van der Waals surface area contributed by atoms with Crippen LogP contribution in [0.4, 0.5) is 5.69 Å². The van der Waals surface area contributed by atoms with Gasteiger partial charge in [0.25, 0.3) is 0 Å². The molecular formula is C15H20N2O2S. The Morgan fingerprint density at radius 1 is 1.25 bits per heavy atom. The Kier molecular flexibility index (Phi) is 4.60. The van der Waals surface area contributed by atoms with E-state index in [1.807, 2.05) is 23.9 Å². The monoisotopic (exact) mass is 292 g/mol. The number of hydrogen-bond acceptors (Lipinski definition) is 5. The number of nitrogens with zero attached hydrogens (tertiary/aromatic N) is 1. The minimum absolute atomic E-state index is 0.198. The van der Waals surface area contributed by atoms with E-state index in [4.69, 9.17) is 9.47 Å². The Labute approximate surface area is 123 Å². The number of benzene rings is 1. The van der Waals surface area contributed by atoms with Crippen molar-refractivity contribution in [2.24, 2.45) is 4.99 Å². The summed E-state index contributed by atoms with van der Waals surface area (Å²) in [6, 6.07) is 8.19. The van der Waals surface area contributed by atoms with Gasteiger partial charge in [0.05, 0.1) is 19.8 Å². The number of anilines is 1. The minimum atomic E-state index is -0.198. The maximum Gasteiger partial charge on any atom is 0.184 e. The average Bonchev–Trinajstić information content (AvgIpc) is 3.12. The van der Waals surface area contributed by atoms with E-state index in [0.29, 0.717) is 18.5 Å². The first-order valence-corrected chi connectivity index (χ1v) is 8.04. The number of nitrogens with one attached hydrogen (secondary N) is 1. The van der Waals surface area contributed by atoms with Crippen molar-refractivity contribution in [2.45, 2.75) is 31.3 Å². The van der Waals surface area contributed by atoms with Gasteiger partial charge in [0.1, 0.15) is 0 Å². The van der Waals surface area contributed by atoms with Gasteiger partial charge in [-0.2, -0.15) is 0 Å². The Hall–Kier alpha value is -1.04. The molecule has 3 rings (SSSR count). The van der Waals surface area contributed by atoms with E-state index >= 15 is 0 Å². The first kappa shape index (κ1) is 13.9. The maximum atomic E-state index is 5.48. The molecule has 1 fully saturated rings. The van der Waals surface area contributed by atoms with Crippen molar-refractivity contribution in [3.05, 3.63) is 29.8 Å². The van der Waals surface area contributed by atoms with Gasteiger partial charge in [0, 0.05) is 16.5 Å². The first-order valence-electron chi connectivity index (χ1n) is 7.16. The van der Waals surface area contributed by atoms with Crippen LogP contribution in [0.3, 0.4) is 0 Å². The summed E-state index contributed by atoms with van der Waals surface area (Å²) in [6.07, 6.45) is 2.25. The zero-order valence-electron chi connectivity index (χ0n) is 11.7. The Bertz CT molecular complexity index is 469. The molecule has 2 aliphatic rings. The molecule has 0 amide bonds. The normalized spacial score (nSPS) is 23.1. The lowest BCUT2D eigenvalue weighted by Gasteiger charge is -2.11. The van der Waals surface area contributed by atoms with Crippen LogP contribution in [-0.4, -0.2) is 30.2 Å². The molecule has 0 aliphatic carbocycles. The molecule has 108 valence electrons. The van der Waals surface area contributed by atoms with Crippen molar-refractivity contribution in [2.75, 3.05) is 25.1 Å². The van der Waals surface area contributed by atoms with Gasteiger partial charge >= 0.3 is 0 Å². The highest BCUT2D eigenvalue weighted by atomic mass is 32.2. The summed E-state index contributed by atoms with van der Waals surface area (Å²) >= 11 is 1.85. The Morgan fingerprint density at radius 2 is 2.00 bits per heavy atom. The fourth-order valence-corrected chi connectivity index (χ4v) is 3.50. The molecular weight excluding hydrogens is 272 g/mol. The third-order valence-corrected chi connectivity index (χ3v) is 4.56. The maximum absolute atomic E-state index is 5.48. The molecule has 0 spiro atoms. The summed E-state index contributed by atoms with van der Waals surface area (Å²) in [5, 5.41) is 5.05. The summed E-state index contributed by atoms with van der Waals surface area (Å²) in [7, 11) is 0. The molecule has 2 aliphatic heterocycles. The number of hydrogen-bond donors (Lipinski definition) is 1. The van der Waals surface area contributed by atoms with Gasteiger partial charge in [0.2, 0.25) is 0 Å². The van der Waals surface area contributed by atoms with Crippen LogP contribution in [0.1, 0.15) is 31.6 Å². The molecule has 5 heteroatoms. The molecule has 2 heterocycles. The standard InChI is InChI=1S/C15H20N2O2S/c1-2-3-13-10-16-15(20-13)17-12-6-4-11(5-7-12)14-18-8-9-19-14/h4-7,13-14H,2-3,8-10H2,1H3,(H,16,17). The molecule has 1 unspecified atom stereocenters. The van der Waals surface area contributed by atoms with Crippen LogP contribution in [0.15, 0.2) is 29.3 Å². The van der Waals surface area contributed by atoms with E-state index in [9.17, 15) is 0 Å². The second-order valence-corrected chi connectivity index (χ2v) is 6.28. The van der Waals surface area contributed by atoms with Crippen LogP contribution < -0.4 is 5.32 Å². The second-order valence-electron chi connectivity index (χ2n) is 4.99. The molecule has 1 saturated heterocycles. The Morgan fingerprint density at radius 3 is 2.70 bits per heavy atom. The van der Waals surface area contributed by atoms with E-state index in [0.717, 1.165) is 23.0 Å². The minimum Gasteiger partial charge on any atom is -0.346 e. The number of rotatable bonds is 4. The third-order valence-electron chi connectivity index (χ3n) is 3.38. The van der Waals surface area contributed by atoms with Gasteiger partial charge in [-0.3, -0.25) is 4.99 Å². The average molecular weight is 292 g/mol. The molecule has 0 radical (unpaired) electrons. The molecule has 20 heavy (non-hydrogen) atoms. The van der Waals surface area contributed by atoms with Crippen molar-refractivity contribution in [1.29, 1.82) is 0 Å². The predicted octanol–water partition coefficient (Wildman–Crippen LogP) is 3.42. The van der Waals surface area contributed by atoms with Gasteiger partial charge in [0.15, 0.2) is 11.5 Å². The first-order chi connectivity index (χ1) is 9.85. The van der Waals surface area contributed by atoms with E-state index in [1.165, 1.54) is 12.8 Å². The summed E-state index contributed by atoms with van der Waals surface area (Å²) in [5.41, 5.74) is 2.13. The molecule has 1 aromatic rings. The topological polar surface area (TPSA) is 42.9 Å². The lowest BCUT2D eigenvalue weighted by atomic mass is 10.2. The van der Waals surface area contributed by atoms with Crippen LogP contribution in [0.25, 0.3) is 0 Å². The van der Waals surface area contributed by atoms with E-state index in [-0.39, 0.29) is 6.29 Å². The van der Waals surface area contributed by atoms with Crippen molar-refractivity contribution >= 4 is 22.6 Å². The largest absolute Gasteiger partial charge is 0.346 e. The predicted molar refractivity (Wildman–Crippen MR) is 83.3 cm³/mol. The highest BCUT2D eigenvalue weighted by Crippen LogP contribution is 2.27. The summed E-state index contributed by atoms with van der Waals surface area (Å²) < 4.78 is 11.0. The zero-order chi connectivity index (χ0) is 13.8. The second kappa shape index (κ2) is 6.61. The van der Waals surface area contributed by atoms with Crippen LogP contribution in [0, 0.1) is 0 Å². The molecule has 1 aromatic carbocycles. The van der Waals surface area contributed by atoms with Crippen molar-refractivity contribution in [3.8, 4) is 0 Å². The molecule has 0 saturated carbocycles. The highest BCUT2D eigenvalue weighted by molar-refractivity contribution is 8.15. The quantitative estimate of drug-likeness (QED) is 0.923. The van der Waals surface area contributed by atoms with Crippen LogP contribution in [0.2, 0.25) is 0 Å². The third kappa shape index (κ3) is 3.34. The van der Waals surface area contributed by atoms with Gasteiger partial charge in [-0.15, -0.1) is 0 Å². The molecule has 1 atom stereocenters. The van der Waals surface area contributed by atoms with Gasteiger partial charge in [-0.1, -0.05) is 37.2 Å². The fourth-order valence-electron chi connectivity index (χ4n) is 2.36. The van der Waals surface area contributed by atoms with Crippen molar-refractivity contribution in [3.63, 3.8) is 0 Å². The lowest BCUT2D eigenvalue weighted by molar-refractivity contribution is -0.0441. The molecule has 1 N–H and O–H groups in total. The van der Waals surface area contributed by atoms with E-state index in [1.54, 1.807) is 0 Å². The molecule has 0 bridgehead atoms. The number of thioether (sulfide) groups is 1. The van der Waals surface area contributed by atoms with E-state index < -0.39 is 0 Å². The molecule has 4 nitrogen and oxygen atoms in total. The summed E-state index contributed by atoms with van der Waals surface area (Å²) in [5.74, 6) is 0. The smallest absolute Gasteiger partial charge is 0.184 e. The summed E-state index contributed by atoms with van der Waals surface area (Å²) in [6.45, 7) is 4.51. The number of ether oxygens (including phenoxy) is 2. The SMILES string of the molecule is CCCC1CN=C(Nc2ccc(C3OCCO3)cc2)S1. The van der Waals surface area contributed by atoms with Gasteiger partial charge in [-0.05, 0) is 18.6 Å². The van der Waals surface area contributed by atoms with Crippen LogP contribution in [0.5, 0.6) is 0 Å². The van der Waals surface area contributed by atoms with E-state index in [2.05, 4.69) is 29.4 Å². The van der Waals surface area contributed by atoms with Crippen molar-refractivity contribution in [1.82, 2.24) is 0 Å². The van der Waals surface area contributed by atoms with Crippen LogP contribution >= 0.6 is 11.8 Å². The van der Waals surface area contributed by atoms with Gasteiger partial charge < -0.3 is 14.8 Å². The number of aliphatic imine (C=N–C) groups is 1. The summed E-state index contributed by atoms with van der Waals surface area (Å²) in [4.78, 5) is 4.55. The van der Waals surface area contributed by atoms with Gasteiger partial charge in [-0.25, -0.2) is 0 Å². The zero-order valence-corrected chi connectivity index (χ0v) is 12.5. The van der Waals surface area contributed by atoms with Crippen molar-refractivity contribution < 1.29 is 9.47 Å². The van der Waals surface area contributed by atoms with Crippen LogP contribution in [-0.2, 0) is 9.47 Å². The lowest BCUT2D eigenvalue weighted by Crippen LogP contribution is -2.07. The fraction of sp³-hybridized carbons (Fsp3) is 0.533. The Balaban J connectivity index is 1.56. The molecule has 0 aromatic heterocycles. The number of amidine groups is 1. The highest BCUT2D eigenvalue weighted by Gasteiger charge is 2.20.